The number of nitrogens with zero attached hydrogens (tertiary/aromatic N) is 1. The van der Waals surface area contributed by atoms with E-state index < -0.39 is 0 Å². The standard InChI is InChI=1S/C20H44NO.ClH/c1-5-6-7-8-9-10-11-12-13-14-15-16-17-18-19-22-20-21(2,3)4;/h5-20H2,1-4H3;1H/q+1;/p-1. The van der Waals surface area contributed by atoms with E-state index in [1.807, 2.05) is 0 Å². The van der Waals surface area contributed by atoms with Gasteiger partial charge in [0.2, 0.25) is 0 Å². The van der Waals surface area contributed by atoms with Crippen LogP contribution in [0, 0.1) is 0 Å². The Morgan fingerprint density at radius 2 is 0.913 bits per heavy atom. The molecule has 0 atom stereocenters. The van der Waals surface area contributed by atoms with Gasteiger partial charge in [0.25, 0.3) is 0 Å². The van der Waals surface area contributed by atoms with Gasteiger partial charge >= 0.3 is 0 Å². The van der Waals surface area contributed by atoms with Crippen LogP contribution in [0.5, 0.6) is 0 Å². The van der Waals surface area contributed by atoms with Crippen LogP contribution in [0.15, 0.2) is 0 Å². The van der Waals surface area contributed by atoms with Gasteiger partial charge in [-0.2, -0.15) is 0 Å². The summed E-state index contributed by atoms with van der Waals surface area (Å²) in [5.74, 6) is 0. The number of quaternary nitrogens is 1. The van der Waals surface area contributed by atoms with E-state index in [9.17, 15) is 0 Å². The van der Waals surface area contributed by atoms with E-state index in [0.717, 1.165) is 17.8 Å². The summed E-state index contributed by atoms with van der Waals surface area (Å²) in [6.45, 7) is 4.06. The van der Waals surface area contributed by atoms with Gasteiger partial charge in [0.15, 0.2) is 6.73 Å². The molecular weight excluding hydrogens is 306 g/mol. The Morgan fingerprint density at radius 3 is 1.26 bits per heavy atom. The third-order valence-corrected chi connectivity index (χ3v) is 4.12. The van der Waals surface area contributed by atoms with Gasteiger partial charge in [-0.1, -0.05) is 90.4 Å². The highest BCUT2D eigenvalue weighted by atomic mass is 35.5. The maximum absolute atomic E-state index is 5.68. The molecule has 0 aliphatic rings. The van der Waals surface area contributed by atoms with Crippen LogP contribution in [0.25, 0.3) is 0 Å². The summed E-state index contributed by atoms with van der Waals surface area (Å²) < 4.78 is 6.58. The zero-order valence-corrected chi connectivity index (χ0v) is 17.3. The third kappa shape index (κ3) is 24.6. The third-order valence-electron chi connectivity index (χ3n) is 4.12. The minimum atomic E-state index is 0. The van der Waals surface area contributed by atoms with E-state index in [0.29, 0.717) is 0 Å². The first-order valence-corrected chi connectivity index (χ1v) is 9.94. The first-order chi connectivity index (χ1) is 10.6. The molecule has 0 bridgehead atoms. The molecule has 0 unspecified atom stereocenters. The second-order valence-electron chi connectivity index (χ2n) is 7.92. The maximum atomic E-state index is 5.68. The molecule has 0 saturated carbocycles. The molecule has 0 aliphatic heterocycles. The van der Waals surface area contributed by atoms with E-state index in [-0.39, 0.29) is 12.4 Å². The van der Waals surface area contributed by atoms with Crippen LogP contribution in [-0.2, 0) is 4.74 Å². The van der Waals surface area contributed by atoms with Crippen molar-refractivity contribution in [1.29, 1.82) is 0 Å². The van der Waals surface area contributed by atoms with Gasteiger partial charge in [0.05, 0.1) is 27.7 Å². The Morgan fingerprint density at radius 1 is 0.565 bits per heavy atom. The number of hydrogen-bond acceptors (Lipinski definition) is 1. The molecular formula is C20H44ClNO. The van der Waals surface area contributed by atoms with E-state index in [1.165, 1.54) is 89.9 Å². The summed E-state index contributed by atoms with van der Waals surface area (Å²) in [7, 11) is 6.52. The second kappa shape index (κ2) is 18.5. The summed E-state index contributed by atoms with van der Waals surface area (Å²) in [6.07, 6.45) is 19.8. The van der Waals surface area contributed by atoms with E-state index in [4.69, 9.17) is 4.74 Å². The smallest absolute Gasteiger partial charge is 0.182 e. The predicted octanol–water partition coefficient (Wildman–Crippen LogP) is 3.15. The fraction of sp³-hybridized carbons (Fsp3) is 1.00. The number of halogens is 1. The molecule has 0 aromatic carbocycles. The monoisotopic (exact) mass is 349 g/mol. The lowest BCUT2D eigenvalue weighted by Gasteiger charge is -2.23. The van der Waals surface area contributed by atoms with Crippen LogP contribution < -0.4 is 12.4 Å². The fourth-order valence-electron chi connectivity index (χ4n) is 2.74. The van der Waals surface area contributed by atoms with Crippen molar-refractivity contribution in [2.75, 3.05) is 34.5 Å². The molecule has 0 N–H and O–H groups in total. The molecule has 142 valence electrons. The average molecular weight is 350 g/mol. The van der Waals surface area contributed by atoms with Gasteiger partial charge in [0.1, 0.15) is 0 Å². The predicted molar refractivity (Wildman–Crippen MR) is 99.2 cm³/mol. The summed E-state index contributed by atoms with van der Waals surface area (Å²) >= 11 is 0. The van der Waals surface area contributed by atoms with Crippen LogP contribution in [0.3, 0.4) is 0 Å². The van der Waals surface area contributed by atoms with Crippen molar-refractivity contribution < 1.29 is 21.6 Å². The summed E-state index contributed by atoms with van der Waals surface area (Å²) in [4.78, 5) is 0. The molecule has 0 fully saturated rings. The molecule has 0 saturated heterocycles. The zero-order valence-electron chi connectivity index (χ0n) is 16.5. The van der Waals surface area contributed by atoms with Crippen LogP contribution in [0.1, 0.15) is 96.8 Å². The number of ether oxygens (including phenoxy) is 1. The molecule has 0 rings (SSSR count). The lowest BCUT2D eigenvalue weighted by molar-refractivity contribution is -0.890. The second-order valence-corrected chi connectivity index (χ2v) is 7.92. The number of rotatable bonds is 17. The Hall–Kier alpha value is 0.210. The highest BCUT2D eigenvalue weighted by Crippen LogP contribution is 2.12. The first kappa shape index (κ1) is 25.5. The van der Waals surface area contributed by atoms with Gasteiger partial charge in [-0.15, -0.1) is 0 Å². The Bertz CT molecular complexity index is 216. The number of hydrogen-bond donors (Lipinski definition) is 0. The molecule has 23 heavy (non-hydrogen) atoms. The van der Waals surface area contributed by atoms with Crippen molar-refractivity contribution in [1.82, 2.24) is 0 Å². The van der Waals surface area contributed by atoms with Gasteiger partial charge in [0, 0.05) is 0 Å². The SMILES string of the molecule is CCCCCCCCCCCCCCCCOC[N+](C)(C)C.[Cl-]. The Balaban J connectivity index is 0. The van der Waals surface area contributed by atoms with Gasteiger partial charge < -0.3 is 21.6 Å². The molecule has 3 heteroatoms. The summed E-state index contributed by atoms with van der Waals surface area (Å²) in [5.41, 5.74) is 0. The van der Waals surface area contributed by atoms with E-state index in [1.54, 1.807) is 0 Å². The maximum Gasteiger partial charge on any atom is 0.182 e. The minimum Gasteiger partial charge on any atom is -1.00 e. The molecule has 0 spiro atoms. The van der Waals surface area contributed by atoms with Crippen molar-refractivity contribution in [2.45, 2.75) is 96.8 Å². The molecule has 0 radical (unpaired) electrons. The minimum absolute atomic E-state index is 0. The topological polar surface area (TPSA) is 9.23 Å². The van der Waals surface area contributed by atoms with Crippen molar-refractivity contribution >= 4 is 0 Å². The Labute approximate surface area is 153 Å². The lowest BCUT2D eigenvalue weighted by atomic mass is 10.0. The fourth-order valence-corrected chi connectivity index (χ4v) is 2.74. The Kier molecular flexibility index (Phi) is 20.5. The normalized spacial score (nSPS) is 11.5. The summed E-state index contributed by atoms with van der Waals surface area (Å²) in [5, 5.41) is 0. The lowest BCUT2D eigenvalue weighted by Crippen LogP contribution is -3.00. The largest absolute Gasteiger partial charge is 1.00 e. The molecule has 0 aliphatic carbocycles. The first-order valence-electron chi connectivity index (χ1n) is 9.94. The number of unbranched alkanes of at least 4 members (excludes halogenated alkanes) is 13. The van der Waals surface area contributed by atoms with Crippen LogP contribution in [0.2, 0.25) is 0 Å². The van der Waals surface area contributed by atoms with Crippen LogP contribution in [0.4, 0.5) is 0 Å². The van der Waals surface area contributed by atoms with Crippen molar-refractivity contribution in [2.24, 2.45) is 0 Å². The molecule has 0 aromatic rings. The van der Waals surface area contributed by atoms with Gasteiger partial charge in [-0.3, -0.25) is 0 Å². The molecule has 0 amide bonds. The van der Waals surface area contributed by atoms with Crippen molar-refractivity contribution in [3.63, 3.8) is 0 Å². The van der Waals surface area contributed by atoms with Crippen molar-refractivity contribution in [3.8, 4) is 0 Å². The zero-order chi connectivity index (χ0) is 16.5. The quantitative estimate of drug-likeness (QED) is 0.223. The molecule has 2 nitrogen and oxygen atoms in total. The average Bonchev–Trinajstić information content (AvgIpc) is 2.45. The van der Waals surface area contributed by atoms with E-state index >= 15 is 0 Å². The van der Waals surface area contributed by atoms with Crippen LogP contribution in [-0.4, -0.2) is 39.0 Å². The molecule has 0 aromatic heterocycles. The highest BCUT2D eigenvalue weighted by Gasteiger charge is 2.05. The van der Waals surface area contributed by atoms with Gasteiger partial charge in [-0.05, 0) is 6.42 Å². The van der Waals surface area contributed by atoms with Crippen molar-refractivity contribution in [3.05, 3.63) is 0 Å². The van der Waals surface area contributed by atoms with E-state index in [2.05, 4.69) is 28.1 Å². The highest BCUT2D eigenvalue weighted by molar-refractivity contribution is 4.49. The van der Waals surface area contributed by atoms with Gasteiger partial charge in [-0.25, -0.2) is 0 Å². The van der Waals surface area contributed by atoms with Crippen LogP contribution >= 0.6 is 0 Å². The molecule has 0 heterocycles. The summed E-state index contributed by atoms with van der Waals surface area (Å²) in [6, 6.07) is 0.